The van der Waals surface area contributed by atoms with Crippen LogP contribution in [0.3, 0.4) is 0 Å². The monoisotopic (exact) mass is 605 g/mol. The summed E-state index contributed by atoms with van der Waals surface area (Å²) < 4.78 is 19.3. The summed E-state index contributed by atoms with van der Waals surface area (Å²) in [6, 6.07) is 12.6. The number of nitrogens with zero attached hydrogens (tertiary/aromatic N) is 2. The van der Waals surface area contributed by atoms with Gasteiger partial charge >= 0.3 is 0 Å². The average molecular weight is 606 g/mol. The Balaban J connectivity index is 1.50. The molecule has 228 valence electrons. The number of nitrogen functional groups attached to an aromatic ring is 1. The zero-order valence-corrected chi connectivity index (χ0v) is 25.4. The molecule has 0 aliphatic heterocycles. The molecule has 2 aliphatic rings. The molecule has 5 rings (SSSR count). The molecular formula is C33H40FN5O3S. The van der Waals surface area contributed by atoms with E-state index in [2.05, 4.69) is 15.0 Å². The van der Waals surface area contributed by atoms with E-state index >= 15 is 0 Å². The number of rotatable bonds is 9. The van der Waals surface area contributed by atoms with Gasteiger partial charge in [0, 0.05) is 17.6 Å². The molecule has 0 unspecified atom stereocenters. The lowest BCUT2D eigenvalue weighted by atomic mass is 9.94. The van der Waals surface area contributed by atoms with Crippen LogP contribution >= 0.6 is 11.5 Å². The first-order valence-corrected chi connectivity index (χ1v) is 16.1. The number of nitrogens with two attached hydrogens (primary N) is 1. The van der Waals surface area contributed by atoms with Crippen molar-refractivity contribution in [3.63, 3.8) is 0 Å². The summed E-state index contributed by atoms with van der Waals surface area (Å²) >= 11 is 0.828. The third-order valence-electron chi connectivity index (χ3n) is 8.54. The van der Waals surface area contributed by atoms with E-state index in [9.17, 15) is 18.8 Å². The topological polar surface area (TPSA) is 117 Å². The third-order valence-corrected chi connectivity index (χ3v) is 9.39. The number of aryl methyl sites for hydroxylation is 1. The number of benzene rings is 2. The Kier molecular flexibility index (Phi) is 10.1. The van der Waals surface area contributed by atoms with Crippen LogP contribution in [-0.2, 0) is 11.3 Å². The summed E-state index contributed by atoms with van der Waals surface area (Å²) in [5, 5.41) is 6.18. The summed E-state index contributed by atoms with van der Waals surface area (Å²) in [6.45, 7) is 1.77. The Morgan fingerprint density at radius 1 is 0.930 bits per heavy atom. The second kappa shape index (κ2) is 14.1. The lowest BCUT2D eigenvalue weighted by molar-refractivity contribution is -0.127. The highest BCUT2D eigenvalue weighted by molar-refractivity contribution is 7.09. The number of carbonyl (C=O) groups is 3. The van der Waals surface area contributed by atoms with Gasteiger partial charge in [0.25, 0.3) is 11.8 Å². The van der Waals surface area contributed by atoms with Gasteiger partial charge in [-0.3, -0.25) is 14.4 Å². The third kappa shape index (κ3) is 7.41. The predicted octanol–water partition coefficient (Wildman–Crippen LogP) is 6.07. The minimum Gasteiger partial charge on any atom is -0.395 e. The van der Waals surface area contributed by atoms with Crippen molar-refractivity contribution in [3.05, 3.63) is 81.6 Å². The highest BCUT2D eigenvalue weighted by Gasteiger charge is 2.36. The molecule has 1 atom stereocenters. The van der Waals surface area contributed by atoms with E-state index in [-0.39, 0.29) is 46.4 Å². The lowest BCUT2D eigenvalue weighted by Crippen LogP contribution is -2.47. The fourth-order valence-electron chi connectivity index (χ4n) is 6.09. The number of carbonyl (C=O) groups excluding carboxylic acids is 3. The number of hydrogen-bond donors (Lipinski definition) is 3. The van der Waals surface area contributed by atoms with Crippen molar-refractivity contribution >= 4 is 34.9 Å². The van der Waals surface area contributed by atoms with Gasteiger partial charge in [-0.2, -0.15) is 4.37 Å². The van der Waals surface area contributed by atoms with E-state index in [1.54, 1.807) is 18.2 Å². The molecule has 0 saturated heterocycles. The van der Waals surface area contributed by atoms with Gasteiger partial charge in [-0.05, 0) is 55.8 Å². The Morgan fingerprint density at radius 3 is 2.16 bits per heavy atom. The summed E-state index contributed by atoms with van der Waals surface area (Å²) in [5.74, 6) is -1.82. The maximum atomic E-state index is 15.0. The van der Waals surface area contributed by atoms with E-state index in [1.165, 1.54) is 11.0 Å². The van der Waals surface area contributed by atoms with Gasteiger partial charge in [-0.1, -0.05) is 86.6 Å². The molecule has 8 nitrogen and oxygen atoms in total. The quantitative estimate of drug-likeness (QED) is 0.274. The van der Waals surface area contributed by atoms with Crippen LogP contribution in [0.4, 0.5) is 10.1 Å². The van der Waals surface area contributed by atoms with E-state index in [0.717, 1.165) is 81.3 Å². The Labute approximate surface area is 256 Å². The SMILES string of the molecule is Cc1ccc([C@H](C(=O)NC2CCCCC2)N(Cc2ccccc2F)C(=O)c2snc(C(=O)NC3CCCCC3)c2N)cc1. The second-order valence-corrected chi connectivity index (χ2v) is 12.5. The molecule has 0 spiro atoms. The van der Waals surface area contributed by atoms with Crippen molar-refractivity contribution < 1.29 is 18.8 Å². The van der Waals surface area contributed by atoms with Crippen molar-refractivity contribution in [3.8, 4) is 0 Å². The van der Waals surface area contributed by atoms with Crippen molar-refractivity contribution in [2.45, 2.75) is 95.8 Å². The van der Waals surface area contributed by atoms with Crippen LogP contribution in [0.25, 0.3) is 0 Å². The number of hydrogen-bond acceptors (Lipinski definition) is 6. The van der Waals surface area contributed by atoms with Crippen LogP contribution in [0.2, 0.25) is 0 Å². The molecule has 0 bridgehead atoms. The van der Waals surface area contributed by atoms with Crippen molar-refractivity contribution in [2.75, 3.05) is 5.73 Å². The lowest BCUT2D eigenvalue weighted by Gasteiger charge is -2.33. The van der Waals surface area contributed by atoms with Crippen molar-refractivity contribution in [1.82, 2.24) is 19.9 Å². The van der Waals surface area contributed by atoms with E-state index in [4.69, 9.17) is 5.73 Å². The van der Waals surface area contributed by atoms with Crippen LogP contribution < -0.4 is 16.4 Å². The fraction of sp³-hybridized carbons (Fsp3) is 0.455. The highest BCUT2D eigenvalue weighted by atomic mass is 32.1. The Bertz CT molecular complexity index is 1430. The molecule has 2 fully saturated rings. The first-order chi connectivity index (χ1) is 20.8. The molecular weight excluding hydrogens is 565 g/mol. The Morgan fingerprint density at radius 2 is 1.53 bits per heavy atom. The molecule has 2 aromatic carbocycles. The molecule has 1 aromatic heterocycles. The maximum absolute atomic E-state index is 15.0. The van der Waals surface area contributed by atoms with Gasteiger partial charge in [0.2, 0.25) is 5.91 Å². The second-order valence-electron chi connectivity index (χ2n) is 11.8. The first kappa shape index (κ1) is 30.7. The molecule has 0 radical (unpaired) electrons. The van der Waals surface area contributed by atoms with Gasteiger partial charge in [-0.25, -0.2) is 4.39 Å². The average Bonchev–Trinajstić information content (AvgIpc) is 3.40. The Hall–Kier alpha value is -3.79. The number of nitrogens with one attached hydrogen (secondary N) is 2. The number of aromatic nitrogens is 1. The molecule has 3 amide bonds. The van der Waals surface area contributed by atoms with E-state index in [0.29, 0.717) is 5.56 Å². The maximum Gasteiger partial charge on any atom is 0.273 e. The number of amides is 3. The van der Waals surface area contributed by atoms with E-state index < -0.39 is 23.7 Å². The summed E-state index contributed by atoms with van der Waals surface area (Å²) in [7, 11) is 0. The summed E-state index contributed by atoms with van der Waals surface area (Å²) in [4.78, 5) is 42.9. The predicted molar refractivity (Wildman–Crippen MR) is 166 cm³/mol. The van der Waals surface area contributed by atoms with Gasteiger partial charge < -0.3 is 21.3 Å². The molecule has 10 heteroatoms. The molecule has 4 N–H and O–H groups in total. The molecule has 2 aliphatic carbocycles. The zero-order valence-electron chi connectivity index (χ0n) is 24.6. The van der Waals surface area contributed by atoms with Crippen molar-refractivity contribution in [1.29, 1.82) is 0 Å². The number of anilines is 1. The van der Waals surface area contributed by atoms with Crippen LogP contribution in [0, 0.1) is 12.7 Å². The minimum atomic E-state index is -1.06. The standard InChI is InChI=1S/C33H40FN5O3S/c1-21-16-18-22(19-17-21)29(32(41)37-25-13-6-3-7-14-25)39(20-23-10-8-9-15-26(23)34)33(42)30-27(35)28(38-43-30)31(40)36-24-11-4-2-5-12-24/h8-10,15-19,24-25,29H,2-7,11-14,20,35H2,1H3,(H,36,40)(H,37,41)/t29-/m1/s1. The van der Waals surface area contributed by atoms with Gasteiger partial charge in [0.1, 0.15) is 16.7 Å². The minimum absolute atomic E-state index is 0.00294. The van der Waals surface area contributed by atoms with Gasteiger partial charge in [0.05, 0.1) is 12.2 Å². The van der Waals surface area contributed by atoms with Gasteiger partial charge in [-0.15, -0.1) is 0 Å². The molecule has 2 saturated carbocycles. The van der Waals surface area contributed by atoms with Crippen LogP contribution in [0.15, 0.2) is 48.5 Å². The first-order valence-electron chi connectivity index (χ1n) is 15.3. The van der Waals surface area contributed by atoms with Gasteiger partial charge in [0.15, 0.2) is 5.69 Å². The molecule has 43 heavy (non-hydrogen) atoms. The smallest absolute Gasteiger partial charge is 0.273 e. The zero-order chi connectivity index (χ0) is 30.3. The molecule has 3 aromatic rings. The summed E-state index contributed by atoms with van der Waals surface area (Å²) in [6.07, 6.45) is 9.97. The summed E-state index contributed by atoms with van der Waals surface area (Å²) in [5.41, 5.74) is 8.26. The van der Waals surface area contributed by atoms with Crippen LogP contribution in [0.5, 0.6) is 0 Å². The molecule has 1 heterocycles. The van der Waals surface area contributed by atoms with Crippen LogP contribution in [-0.4, -0.2) is 39.1 Å². The van der Waals surface area contributed by atoms with Crippen molar-refractivity contribution in [2.24, 2.45) is 0 Å². The van der Waals surface area contributed by atoms with Crippen LogP contribution in [0.1, 0.15) is 107 Å². The number of halogens is 1. The largest absolute Gasteiger partial charge is 0.395 e. The van der Waals surface area contributed by atoms with E-state index in [1.807, 2.05) is 31.2 Å². The fourth-order valence-corrected chi connectivity index (χ4v) is 6.84. The normalized spacial score (nSPS) is 16.8. The highest BCUT2D eigenvalue weighted by Crippen LogP contribution is 2.32.